The van der Waals surface area contributed by atoms with E-state index in [1.54, 1.807) is 0 Å². The van der Waals surface area contributed by atoms with Crippen LogP contribution in [0.4, 0.5) is 26.3 Å². The highest BCUT2D eigenvalue weighted by atomic mass is 19.4. The first-order chi connectivity index (χ1) is 8.79. The highest BCUT2D eigenvalue weighted by molar-refractivity contribution is 5.65. The van der Waals surface area contributed by atoms with Crippen LogP contribution in [0.15, 0.2) is 36.4 Å². The third-order valence-corrected chi connectivity index (χ3v) is 2.51. The lowest BCUT2D eigenvalue weighted by molar-refractivity contribution is -0.137. The van der Waals surface area contributed by atoms with Crippen LogP contribution in [0.1, 0.15) is 5.56 Å². The second-order valence-corrected chi connectivity index (χ2v) is 3.82. The van der Waals surface area contributed by atoms with Crippen molar-refractivity contribution in [2.45, 2.75) is 6.18 Å². The minimum absolute atomic E-state index is 0.175. The predicted octanol–water partition coefficient (Wildman–Crippen LogP) is 4.79. The number of rotatable bonds is 1. The molecule has 2 rings (SSSR count). The first kappa shape index (κ1) is 13.5. The average molecular weight is 276 g/mol. The monoisotopic (exact) mass is 276 g/mol. The Morgan fingerprint density at radius 2 is 1.37 bits per heavy atom. The summed E-state index contributed by atoms with van der Waals surface area (Å²) in [6.45, 7) is 0. The van der Waals surface area contributed by atoms with E-state index in [0.717, 1.165) is 12.1 Å². The Labute approximate surface area is 104 Å². The lowest BCUT2D eigenvalue weighted by Crippen LogP contribution is -2.04. The van der Waals surface area contributed by atoms with Gasteiger partial charge in [-0.1, -0.05) is 12.1 Å². The van der Waals surface area contributed by atoms with E-state index in [1.165, 1.54) is 6.07 Å². The molecule has 0 saturated heterocycles. The molecule has 2 aromatic rings. The van der Waals surface area contributed by atoms with E-state index in [9.17, 15) is 26.3 Å². The lowest BCUT2D eigenvalue weighted by Gasteiger charge is -2.09. The summed E-state index contributed by atoms with van der Waals surface area (Å²) in [6.07, 6.45) is -4.59. The van der Waals surface area contributed by atoms with Crippen LogP contribution in [0, 0.1) is 17.5 Å². The molecule has 19 heavy (non-hydrogen) atoms. The third-order valence-electron chi connectivity index (χ3n) is 2.51. The fourth-order valence-electron chi connectivity index (χ4n) is 1.61. The number of halogens is 6. The van der Waals surface area contributed by atoms with E-state index in [2.05, 4.69) is 0 Å². The molecule has 0 aliphatic rings. The fourth-order valence-corrected chi connectivity index (χ4v) is 1.61. The molecule has 0 nitrogen and oxygen atoms in total. The van der Waals surface area contributed by atoms with Gasteiger partial charge in [-0.3, -0.25) is 0 Å². The molecule has 0 bridgehead atoms. The summed E-state index contributed by atoms with van der Waals surface area (Å²) in [6, 6.07) is 4.56. The van der Waals surface area contributed by atoms with Gasteiger partial charge in [-0.2, -0.15) is 13.2 Å². The molecule has 0 N–H and O–H groups in total. The molecule has 0 heterocycles. The Kier molecular flexibility index (Phi) is 3.26. The van der Waals surface area contributed by atoms with Crippen LogP contribution in [-0.2, 0) is 6.18 Å². The van der Waals surface area contributed by atoms with Gasteiger partial charge in [0.15, 0.2) is 11.6 Å². The van der Waals surface area contributed by atoms with Crippen LogP contribution in [0.25, 0.3) is 11.1 Å². The summed E-state index contributed by atoms with van der Waals surface area (Å²) in [7, 11) is 0. The van der Waals surface area contributed by atoms with Gasteiger partial charge in [-0.05, 0) is 23.8 Å². The molecule has 0 fully saturated rings. The summed E-state index contributed by atoms with van der Waals surface area (Å²) < 4.78 is 76.7. The minimum atomic E-state index is -4.59. The molecule has 2 aromatic carbocycles. The highest BCUT2D eigenvalue weighted by Gasteiger charge is 2.30. The fraction of sp³-hybridized carbons (Fsp3) is 0.0769. The molecule has 0 atom stereocenters. The van der Waals surface area contributed by atoms with E-state index < -0.39 is 34.8 Å². The maximum Gasteiger partial charge on any atom is 0.416 e. The third kappa shape index (κ3) is 2.72. The Morgan fingerprint density at radius 1 is 0.737 bits per heavy atom. The Bertz CT molecular complexity index is 615. The largest absolute Gasteiger partial charge is 0.416 e. The molecule has 100 valence electrons. The zero-order valence-electron chi connectivity index (χ0n) is 9.23. The normalized spacial score (nSPS) is 11.7. The van der Waals surface area contributed by atoms with Crippen LogP contribution >= 0.6 is 0 Å². The van der Waals surface area contributed by atoms with Crippen molar-refractivity contribution < 1.29 is 26.3 Å². The van der Waals surface area contributed by atoms with Crippen molar-refractivity contribution in [2.24, 2.45) is 0 Å². The maximum atomic E-state index is 13.5. The summed E-state index contributed by atoms with van der Waals surface area (Å²) in [5.74, 6) is -3.85. The van der Waals surface area contributed by atoms with Gasteiger partial charge in [0.1, 0.15) is 5.82 Å². The van der Waals surface area contributed by atoms with Crippen LogP contribution in [0.5, 0.6) is 0 Å². The van der Waals surface area contributed by atoms with Gasteiger partial charge >= 0.3 is 6.18 Å². The summed E-state index contributed by atoms with van der Waals surface area (Å²) in [5, 5.41) is 0. The Hall–Kier alpha value is -1.98. The molecular weight excluding hydrogens is 270 g/mol. The van der Waals surface area contributed by atoms with E-state index in [1.807, 2.05) is 0 Å². The molecule has 0 saturated carbocycles. The molecule has 0 radical (unpaired) electrons. The Morgan fingerprint density at radius 3 is 2.00 bits per heavy atom. The van der Waals surface area contributed by atoms with Gasteiger partial charge in [0, 0.05) is 11.6 Å². The Balaban J connectivity index is 2.57. The van der Waals surface area contributed by atoms with E-state index in [0.29, 0.717) is 18.2 Å². The van der Waals surface area contributed by atoms with E-state index >= 15 is 0 Å². The second kappa shape index (κ2) is 4.60. The molecule has 0 unspecified atom stereocenters. The standard InChI is InChI=1S/C13H6F6/c14-10-6-12(16)11(15)5-9(10)7-2-1-3-8(4-7)13(17,18)19/h1-6H. The zero-order valence-corrected chi connectivity index (χ0v) is 9.23. The first-order valence-electron chi connectivity index (χ1n) is 5.11. The quantitative estimate of drug-likeness (QED) is 0.519. The second-order valence-electron chi connectivity index (χ2n) is 3.82. The minimum Gasteiger partial charge on any atom is -0.206 e. The molecule has 0 aliphatic heterocycles. The highest BCUT2D eigenvalue weighted by Crippen LogP contribution is 2.33. The maximum absolute atomic E-state index is 13.5. The number of hydrogen-bond acceptors (Lipinski definition) is 0. The van der Waals surface area contributed by atoms with Crippen LogP contribution < -0.4 is 0 Å². The molecule has 0 amide bonds. The zero-order chi connectivity index (χ0) is 14.2. The van der Waals surface area contributed by atoms with Gasteiger partial charge in [-0.15, -0.1) is 0 Å². The van der Waals surface area contributed by atoms with Gasteiger partial charge in [0.05, 0.1) is 5.56 Å². The first-order valence-corrected chi connectivity index (χ1v) is 5.11. The molecule has 0 aromatic heterocycles. The summed E-state index contributed by atoms with van der Waals surface area (Å²) in [4.78, 5) is 0. The smallest absolute Gasteiger partial charge is 0.206 e. The predicted molar refractivity (Wildman–Crippen MR) is 56.8 cm³/mol. The van der Waals surface area contributed by atoms with Crippen LogP contribution in [0.3, 0.4) is 0 Å². The van der Waals surface area contributed by atoms with Crippen molar-refractivity contribution in [1.82, 2.24) is 0 Å². The van der Waals surface area contributed by atoms with Crippen LogP contribution in [0.2, 0.25) is 0 Å². The van der Waals surface area contributed by atoms with Gasteiger partial charge in [0.25, 0.3) is 0 Å². The topological polar surface area (TPSA) is 0 Å². The van der Waals surface area contributed by atoms with Crippen molar-refractivity contribution in [3.8, 4) is 11.1 Å². The van der Waals surface area contributed by atoms with Crippen LogP contribution in [-0.4, -0.2) is 0 Å². The van der Waals surface area contributed by atoms with E-state index in [-0.39, 0.29) is 5.56 Å². The molecular formula is C13H6F6. The SMILES string of the molecule is Fc1cc(F)c(-c2cccc(C(F)(F)F)c2)cc1F. The van der Waals surface area contributed by atoms with Crippen molar-refractivity contribution in [2.75, 3.05) is 0 Å². The molecule has 0 spiro atoms. The average Bonchev–Trinajstić information content (AvgIpc) is 2.33. The molecule has 6 heteroatoms. The lowest BCUT2D eigenvalue weighted by atomic mass is 10.0. The van der Waals surface area contributed by atoms with Crippen molar-refractivity contribution in [1.29, 1.82) is 0 Å². The van der Waals surface area contributed by atoms with E-state index in [4.69, 9.17) is 0 Å². The van der Waals surface area contributed by atoms with Crippen molar-refractivity contribution in [3.63, 3.8) is 0 Å². The van der Waals surface area contributed by atoms with Crippen molar-refractivity contribution in [3.05, 3.63) is 59.4 Å². The van der Waals surface area contributed by atoms with Crippen molar-refractivity contribution >= 4 is 0 Å². The number of benzene rings is 2. The number of alkyl halides is 3. The summed E-state index contributed by atoms with van der Waals surface area (Å²) in [5.41, 5.74) is -1.59. The summed E-state index contributed by atoms with van der Waals surface area (Å²) >= 11 is 0. The van der Waals surface area contributed by atoms with Gasteiger partial charge < -0.3 is 0 Å². The molecule has 0 aliphatic carbocycles. The van der Waals surface area contributed by atoms with Gasteiger partial charge in [-0.25, -0.2) is 13.2 Å². The van der Waals surface area contributed by atoms with Gasteiger partial charge in [0.2, 0.25) is 0 Å². The number of hydrogen-bond donors (Lipinski definition) is 0.